The summed E-state index contributed by atoms with van der Waals surface area (Å²) < 4.78 is 2.34. The number of aryl methyl sites for hydroxylation is 1. The third kappa shape index (κ3) is 2.68. The van der Waals surface area contributed by atoms with Crippen LogP contribution in [0.3, 0.4) is 0 Å². The van der Waals surface area contributed by atoms with Crippen LogP contribution in [0.1, 0.15) is 31.0 Å². The van der Waals surface area contributed by atoms with E-state index in [1.54, 1.807) is 0 Å². The molecule has 2 heterocycles. The second kappa shape index (κ2) is 5.19. The predicted molar refractivity (Wildman–Crippen MR) is 84.9 cm³/mol. The minimum absolute atomic E-state index is 0.554. The van der Waals surface area contributed by atoms with Crippen LogP contribution in [-0.4, -0.2) is 33.6 Å². The molecule has 1 unspecified atom stereocenters. The maximum Gasteiger partial charge on any atom is 0.207 e. The number of benzene rings is 1. The second-order valence-electron chi connectivity index (χ2n) is 6.27. The zero-order chi connectivity index (χ0) is 14.2. The van der Waals surface area contributed by atoms with E-state index >= 15 is 0 Å². The smallest absolute Gasteiger partial charge is 0.207 e. The molecule has 4 nitrogen and oxygen atoms in total. The van der Waals surface area contributed by atoms with E-state index in [1.807, 2.05) is 18.2 Å². The molecule has 4 heteroatoms. The summed E-state index contributed by atoms with van der Waals surface area (Å²) >= 11 is 0. The van der Waals surface area contributed by atoms with Crippen LogP contribution in [0.25, 0.3) is 0 Å². The molecule has 4 rings (SSSR count). The van der Waals surface area contributed by atoms with E-state index in [0.717, 1.165) is 23.4 Å². The maximum absolute atomic E-state index is 4.67. The molecule has 2 fully saturated rings. The molecule has 1 saturated carbocycles. The quantitative estimate of drug-likeness (QED) is 0.933. The van der Waals surface area contributed by atoms with Crippen molar-refractivity contribution in [2.45, 2.75) is 38.3 Å². The summed E-state index contributed by atoms with van der Waals surface area (Å²) in [5.41, 5.74) is 2.18. The highest BCUT2D eigenvalue weighted by Gasteiger charge is 2.35. The Balaban J connectivity index is 1.55. The Kier molecular flexibility index (Phi) is 3.19. The highest BCUT2D eigenvalue weighted by Crippen LogP contribution is 2.34. The fraction of sp³-hybridized carbons (Fsp3) is 0.471. The fourth-order valence-corrected chi connectivity index (χ4v) is 3.30. The van der Waals surface area contributed by atoms with E-state index in [0.29, 0.717) is 6.04 Å². The van der Waals surface area contributed by atoms with Crippen molar-refractivity contribution >= 4 is 11.6 Å². The third-order valence-electron chi connectivity index (χ3n) is 4.53. The molecule has 1 saturated heterocycles. The van der Waals surface area contributed by atoms with Gasteiger partial charge in [-0.25, -0.2) is 4.98 Å². The number of likely N-dealkylation sites (tertiary alicyclic amines) is 1. The molecule has 1 aliphatic carbocycles. The molecule has 0 amide bonds. The zero-order valence-corrected chi connectivity index (χ0v) is 12.5. The third-order valence-corrected chi connectivity index (χ3v) is 4.53. The Morgan fingerprint density at radius 2 is 1.90 bits per heavy atom. The molecule has 1 aromatic heterocycles. The standard InChI is InChI=1S/C17H22N4/c1-13-11-21(16-9-10-20(12-16)15-7-8-15)17(18-13)19-14-5-3-2-4-6-14/h2-6,11,15-16H,7-10,12H2,1H3,(H,18,19). The van der Waals surface area contributed by atoms with Crippen molar-refractivity contribution in [1.82, 2.24) is 14.5 Å². The van der Waals surface area contributed by atoms with E-state index in [1.165, 1.54) is 32.4 Å². The molecule has 0 bridgehead atoms. The fourth-order valence-electron chi connectivity index (χ4n) is 3.30. The van der Waals surface area contributed by atoms with Crippen LogP contribution in [0.4, 0.5) is 11.6 Å². The lowest BCUT2D eigenvalue weighted by molar-refractivity contribution is 0.314. The van der Waals surface area contributed by atoms with Gasteiger partial charge in [0.2, 0.25) is 5.95 Å². The second-order valence-corrected chi connectivity index (χ2v) is 6.27. The van der Waals surface area contributed by atoms with Gasteiger partial charge in [-0.1, -0.05) is 18.2 Å². The van der Waals surface area contributed by atoms with Crippen molar-refractivity contribution in [3.05, 3.63) is 42.2 Å². The summed E-state index contributed by atoms with van der Waals surface area (Å²) in [6.07, 6.45) is 6.21. The van der Waals surface area contributed by atoms with Gasteiger partial charge in [-0.05, 0) is 38.3 Å². The van der Waals surface area contributed by atoms with Crippen LogP contribution < -0.4 is 5.32 Å². The van der Waals surface area contributed by atoms with Gasteiger partial charge in [0, 0.05) is 31.0 Å². The van der Waals surface area contributed by atoms with Crippen LogP contribution in [-0.2, 0) is 0 Å². The minimum Gasteiger partial charge on any atom is -0.326 e. The molecule has 110 valence electrons. The number of anilines is 2. The maximum atomic E-state index is 4.67. The molecular formula is C17H22N4. The first-order valence-corrected chi connectivity index (χ1v) is 7.91. The first-order chi connectivity index (χ1) is 10.3. The summed E-state index contributed by atoms with van der Waals surface area (Å²) in [5.74, 6) is 0.973. The van der Waals surface area contributed by atoms with Gasteiger partial charge in [-0.15, -0.1) is 0 Å². The number of hydrogen-bond acceptors (Lipinski definition) is 3. The largest absolute Gasteiger partial charge is 0.326 e. The number of aromatic nitrogens is 2. The minimum atomic E-state index is 0.554. The van der Waals surface area contributed by atoms with E-state index < -0.39 is 0 Å². The van der Waals surface area contributed by atoms with Crippen molar-refractivity contribution in [3.8, 4) is 0 Å². The van der Waals surface area contributed by atoms with Crippen LogP contribution in [0.15, 0.2) is 36.5 Å². The predicted octanol–water partition coefficient (Wildman–Crippen LogP) is 3.34. The van der Waals surface area contributed by atoms with Crippen molar-refractivity contribution < 1.29 is 0 Å². The van der Waals surface area contributed by atoms with Gasteiger partial charge in [0.05, 0.1) is 11.7 Å². The molecule has 1 N–H and O–H groups in total. The molecule has 0 spiro atoms. The number of imidazole rings is 1. The number of rotatable bonds is 4. The summed E-state index contributed by atoms with van der Waals surface area (Å²) in [6.45, 7) is 4.47. The van der Waals surface area contributed by atoms with Gasteiger partial charge in [0.25, 0.3) is 0 Å². The summed E-state index contributed by atoms with van der Waals surface area (Å²) in [4.78, 5) is 7.31. The van der Waals surface area contributed by atoms with E-state index in [2.05, 4.69) is 45.0 Å². The molecule has 1 atom stereocenters. The van der Waals surface area contributed by atoms with Crippen molar-refractivity contribution in [3.63, 3.8) is 0 Å². The first kappa shape index (κ1) is 12.9. The molecule has 2 aromatic rings. The average molecular weight is 282 g/mol. The average Bonchev–Trinajstić information content (AvgIpc) is 3.11. The van der Waals surface area contributed by atoms with Crippen molar-refractivity contribution in [2.24, 2.45) is 0 Å². The summed E-state index contributed by atoms with van der Waals surface area (Å²) in [6, 6.07) is 11.7. The Morgan fingerprint density at radius 3 is 2.67 bits per heavy atom. The molecular weight excluding hydrogens is 260 g/mol. The molecule has 2 aliphatic rings. The number of nitrogens with one attached hydrogen (secondary N) is 1. The zero-order valence-electron chi connectivity index (χ0n) is 12.5. The molecule has 21 heavy (non-hydrogen) atoms. The van der Waals surface area contributed by atoms with Crippen LogP contribution in [0.2, 0.25) is 0 Å². The van der Waals surface area contributed by atoms with Gasteiger partial charge in [-0.2, -0.15) is 0 Å². The Morgan fingerprint density at radius 1 is 1.10 bits per heavy atom. The van der Waals surface area contributed by atoms with Crippen LogP contribution in [0, 0.1) is 6.92 Å². The highest BCUT2D eigenvalue weighted by atomic mass is 15.3. The van der Waals surface area contributed by atoms with Crippen LogP contribution in [0.5, 0.6) is 0 Å². The lowest BCUT2D eigenvalue weighted by Gasteiger charge is -2.18. The Labute approximate surface area is 125 Å². The monoisotopic (exact) mass is 282 g/mol. The van der Waals surface area contributed by atoms with E-state index in [9.17, 15) is 0 Å². The normalized spacial score (nSPS) is 22.6. The Bertz CT molecular complexity index is 615. The lowest BCUT2D eigenvalue weighted by Crippen LogP contribution is -2.23. The van der Waals surface area contributed by atoms with E-state index in [4.69, 9.17) is 0 Å². The Hall–Kier alpha value is -1.81. The number of hydrogen-bond donors (Lipinski definition) is 1. The lowest BCUT2D eigenvalue weighted by atomic mass is 10.2. The highest BCUT2D eigenvalue weighted by molar-refractivity contribution is 5.53. The number of para-hydroxylation sites is 1. The van der Waals surface area contributed by atoms with Gasteiger partial charge < -0.3 is 9.88 Å². The van der Waals surface area contributed by atoms with Gasteiger partial charge in [-0.3, -0.25) is 4.90 Å². The van der Waals surface area contributed by atoms with Crippen molar-refractivity contribution in [1.29, 1.82) is 0 Å². The SMILES string of the molecule is Cc1cn(C2CCN(C3CC3)C2)c(Nc2ccccc2)n1. The van der Waals surface area contributed by atoms with E-state index in [-0.39, 0.29) is 0 Å². The molecule has 0 radical (unpaired) electrons. The summed E-state index contributed by atoms with van der Waals surface area (Å²) in [5, 5.41) is 3.46. The van der Waals surface area contributed by atoms with Gasteiger partial charge in [0.15, 0.2) is 0 Å². The summed E-state index contributed by atoms with van der Waals surface area (Å²) in [7, 11) is 0. The first-order valence-electron chi connectivity index (χ1n) is 7.91. The molecule has 1 aromatic carbocycles. The van der Waals surface area contributed by atoms with Gasteiger partial charge >= 0.3 is 0 Å². The topological polar surface area (TPSA) is 33.1 Å². The van der Waals surface area contributed by atoms with Crippen molar-refractivity contribution in [2.75, 3.05) is 18.4 Å². The molecule has 1 aliphatic heterocycles. The van der Waals surface area contributed by atoms with Gasteiger partial charge in [0.1, 0.15) is 0 Å². The van der Waals surface area contributed by atoms with Crippen LogP contribution >= 0.6 is 0 Å². The number of nitrogens with zero attached hydrogens (tertiary/aromatic N) is 3.